The van der Waals surface area contributed by atoms with Gasteiger partial charge in [-0.25, -0.2) is 9.98 Å². The molecule has 1 aromatic heterocycles. The van der Waals surface area contributed by atoms with Gasteiger partial charge < -0.3 is 5.32 Å². The number of hydrogen-bond acceptors (Lipinski definition) is 3. The van der Waals surface area contributed by atoms with Crippen molar-refractivity contribution in [3.8, 4) is 11.3 Å². The summed E-state index contributed by atoms with van der Waals surface area (Å²) in [4.78, 5) is 8.63. The summed E-state index contributed by atoms with van der Waals surface area (Å²) < 4.78 is 39.2. The third-order valence-corrected chi connectivity index (χ3v) is 4.13. The SMILES string of the molecule is FC(F)(F)c1ccccc1-c1csc(/N=C2/CCCCN2)n1. The fourth-order valence-corrected chi connectivity index (χ4v) is 3.05. The van der Waals surface area contributed by atoms with Crippen LogP contribution in [0.5, 0.6) is 0 Å². The Morgan fingerprint density at radius 2 is 2.00 bits per heavy atom. The number of aliphatic imine (C=N–C) groups is 1. The molecule has 0 amide bonds. The van der Waals surface area contributed by atoms with Crippen molar-refractivity contribution in [3.63, 3.8) is 0 Å². The van der Waals surface area contributed by atoms with Crippen molar-refractivity contribution in [2.24, 2.45) is 4.99 Å². The number of piperidine rings is 1. The molecule has 1 fully saturated rings. The summed E-state index contributed by atoms with van der Waals surface area (Å²) in [5, 5.41) is 5.29. The quantitative estimate of drug-likeness (QED) is 0.874. The third kappa shape index (κ3) is 3.30. The first-order valence-electron chi connectivity index (χ1n) is 6.97. The van der Waals surface area contributed by atoms with Crippen molar-refractivity contribution >= 4 is 22.3 Å². The first kappa shape index (κ1) is 15.0. The van der Waals surface area contributed by atoms with Crippen LogP contribution in [0.15, 0.2) is 34.6 Å². The first-order valence-corrected chi connectivity index (χ1v) is 7.85. The number of benzene rings is 1. The van der Waals surface area contributed by atoms with Gasteiger partial charge in [0.2, 0.25) is 5.13 Å². The Balaban J connectivity index is 1.91. The summed E-state index contributed by atoms with van der Waals surface area (Å²) in [6.45, 7) is 0.883. The second-order valence-corrected chi connectivity index (χ2v) is 5.84. The predicted molar refractivity (Wildman–Crippen MR) is 81.5 cm³/mol. The molecule has 0 spiro atoms. The molecule has 3 rings (SSSR count). The van der Waals surface area contributed by atoms with Gasteiger partial charge >= 0.3 is 6.18 Å². The van der Waals surface area contributed by atoms with E-state index >= 15 is 0 Å². The summed E-state index contributed by atoms with van der Waals surface area (Å²) in [6, 6.07) is 5.47. The molecule has 0 aliphatic carbocycles. The number of nitrogens with one attached hydrogen (secondary N) is 1. The topological polar surface area (TPSA) is 37.3 Å². The Labute approximate surface area is 129 Å². The molecule has 3 nitrogen and oxygen atoms in total. The number of thiazole rings is 1. The maximum atomic E-state index is 13.1. The molecule has 0 unspecified atom stereocenters. The maximum Gasteiger partial charge on any atom is 0.417 e. The van der Waals surface area contributed by atoms with Crippen molar-refractivity contribution in [2.75, 3.05) is 6.54 Å². The van der Waals surface area contributed by atoms with Crippen LogP contribution in [0.4, 0.5) is 18.3 Å². The van der Waals surface area contributed by atoms with Gasteiger partial charge in [-0.2, -0.15) is 13.2 Å². The van der Waals surface area contributed by atoms with E-state index in [1.165, 1.54) is 23.5 Å². The Bertz CT molecular complexity index is 683. The second kappa shape index (κ2) is 6.08. The number of aromatic nitrogens is 1. The highest BCUT2D eigenvalue weighted by molar-refractivity contribution is 7.13. The minimum Gasteiger partial charge on any atom is -0.373 e. The van der Waals surface area contributed by atoms with Gasteiger partial charge in [0, 0.05) is 23.9 Å². The highest BCUT2D eigenvalue weighted by Crippen LogP contribution is 2.38. The summed E-state index contributed by atoms with van der Waals surface area (Å²) in [6.07, 6.45) is -1.35. The van der Waals surface area contributed by atoms with Gasteiger partial charge in [0.15, 0.2) is 0 Å². The molecular weight excluding hydrogens is 311 g/mol. The van der Waals surface area contributed by atoms with Gasteiger partial charge in [0.25, 0.3) is 0 Å². The van der Waals surface area contributed by atoms with Crippen molar-refractivity contribution in [1.29, 1.82) is 0 Å². The van der Waals surface area contributed by atoms with Crippen LogP contribution in [0.1, 0.15) is 24.8 Å². The lowest BCUT2D eigenvalue weighted by molar-refractivity contribution is -0.137. The molecule has 1 saturated heterocycles. The largest absolute Gasteiger partial charge is 0.417 e. The Hall–Kier alpha value is -1.89. The lowest BCUT2D eigenvalue weighted by Crippen LogP contribution is -2.28. The summed E-state index contributed by atoms with van der Waals surface area (Å²) >= 11 is 1.25. The van der Waals surface area contributed by atoms with Crippen molar-refractivity contribution in [3.05, 3.63) is 35.2 Å². The highest BCUT2D eigenvalue weighted by Gasteiger charge is 2.33. The number of halogens is 3. The maximum absolute atomic E-state index is 13.1. The van der Waals surface area contributed by atoms with Crippen LogP contribution in [0, 0.1) is 0 Å². The van der Waals surface area contributed by atoms with Crippen LogP contribution < -0.4 is 5.32 Å². The van der Waals surface area contributed by atoms with Crippen LogP contribution in [-0.2, 0) is 6.18 Å². The van der Waals surface area contributed by atoms with Crippen molar-refractivity contribution in [2.45, 2.75) is 25.4 Å². The van der Waals surface area contributed by atoms with Gasteiger partial charge in [-0.05, 0) is 18.9 Å². The first-order chi connectivity index (χ1) is 10.5. The Kier molecular flexibility index (Phi) is 4.15. The number of nitrogens with zero attached hydrogens (tertiary/aromatic N) is 2. The van der Waals surface area contributed by atoms with Crippen molar-refractivity contribution in [1.82, 2.24) is 10.3 Å². The van der Waals surface area contributed by atoms with Gasteiger partial charge in [-0.3, -0.25) is 0 Å². The molecule has 0 atom stereocenters. The fraction of sp³-hybridized carbons (Fsp3) is 0.333. The second-order valence-electron chi connectivity index (χ2n) is 5.00. The van der Waals surface area contributed by atoms with E-state index in [1.54, 1.807) is 11.4 Å². The molecule has 2 heterocycles. The molecule has 1 aliphatic heterocycles. The summed E-state index contributed by atoms with van der Waals surface area (Å²) in [5.74, 6) is 0.858. The normalized spacial score (nSPS) is 17.5. The van der Waals surface area contributed by atoms with E-state index in [0.29, 0.717) is 10.8 Å². The Morgan fingerprint density at radius 3 is 2.73 bits per heavy atom. The monoisotopic (exact) mass is 325 g/mol. The number of amidine groups is 1. The Morgan fingerprint density at radius 1 is 1.18 bits per heavy atom. The van der Waals surface area contributed by atoms with Crippen LogP contribution >= 0.6 is 11.3 Å². The summed E-state index contributed by atoms with van der Waals surface area (Å²) in [5.41, 5.74) is -0.266. The average molecular weight is 325 g/mol. The van der Waals surface area contributed by atoms with E-state index in [2.05, 4.69) is 15.3 Å². The lowest BCUT2D eigenvalue weighted by atomic mass is 10.1. The number of rotatable bonds is 2. The molecule has 116 valence electrons. The molecule has 0 saturated carbocycles. The minimum absolute atomic E-state index is 0.0919. The molecule has 7 heteroatoms. The molecule has 1 N–H and O–H groups in total. The predicted octanol–water partition coefficient (Wildman–Crippen LogP) is 4.63. The summed E-state index contributed by atoms with van der Waals surface area (Å²) in [7, 11) is 0. The molecule has 0 bridgehead atoms. The average Bonchev–Trinajstić information content (AvgIpc) is 2.96. The smallest absolute Gasteiger partial charge is 0.373 e. The lowest BCUT2D eigenvalue weighted by Gasteiger charge is -2.14. The molecule has 22 heavy (non-hydrogen) atoms. The zero-order valence-electron chi connectivity index (χ0n) is 11.7. The highest BCUT2D eigenvalue weighted by atomic mass is 32.1. The van der Waals surface area contributed by atoms with E-state index in [9.17, 15) is 13.2 Å². The van der Waals surface area contributed by atoms with Crippen LogP contribution in [-0.4, -0.2) is 17.4 Å². The number of alkyl halides is 3. The van der Waals surface area contributed by atoms with E-state index in [4.69, 9.17) is 0 Å². The number of hydrogen-bond donors (Lipinski definition) is 1. The zero-order valence-corrected chi connectivity index (χ0v) is 12.5. The molecule has 2 aromatic rings. The molecular formula is C15H14F3N3S. The van der Waals surface area contributed by atoms with Crippen molar-refractivity contribution < 1.29 is 13.2 Å². The van der Waals surface area contributed by atoms with E-state index in [0.717, 1.165) is 37.7 Å². The van der Waals surface area contributed by atoms with Gasteiger partial charge in [0.1, 0.15) is 5.84 Å². The molecule has 1 aliphatic rings. The minimum atomic E-state index is -4.39. The third-order valence-electron chi connectivity index (χ3n) is 3.40. The van der Waals surface area contributed by atoms with Crippen LogP contribution in [0.3, 0.4) is 0 Å². The van der Waals surface area contributed by atoms with Gasteiger partial charge in [0.05, 0.1) is 11.3 Å². The molecule has 1 aromatic carbocycles. The van der Waals surface area contributed by atoms with E-state index in [1.807, 2.05) is 0 Å². The van der Waals surface area contributed by atoms with E-state index in [-0.39, 0.29) is 5.56 Å². The zero-order chi connectivity index (χ0) is 15.6. The van der Waals surface area contributed by atoms with Gasteiger partial charge in [-0.1, -0.05) is 18.2 Å². The van der Waals surface area contributed by atoms with Crippen LogP contribution in [0.2, 0.25) is 0 Å². The standard InChI is InChI=1S/C15H14F3N3S/c16-15(17,18)11-6-2-1-5-10(11)12-9-22-14(20-12)21-13-7-3-4-8-19-13/h1-2,5-6,9H,3-4,7-8H2,(H,19,20,21). The van der Waals surface area contributed by atoms with Gasteiger partial charge in [-0.15, -0.1) is 11.3 Å². The molecule has 0 radical (unpaired) electrons. The van der Waals surface area contributed by atoms with E-state index < -0.39 is 11.7 Å². The fourth-order valence-electron chi connectivity index (χ4n) is 2.34. The van der Waals surface area contributed by atoms with Crippen LogP contribution in [0.25, 0.3) is 11.3 Å².